The third-order valence-electron chi connectivity index (χ3n) is 2.68. The zero-order valence-electron chi connectivity index (χ0n) is 9.96. The number of aromatic nitrogens is 3. The van der Waals surface area contributed by atoms with Gasteiger partial charge in [-0.05, 0) is 12.1 Å². The predicted octanol–water partition coefficient (Wildman–Crippen LogP) is 0.261. The summed E-state index contributed by atoms with van der Waals surface area (Å²) in [5.41, 5.74) is 0.897. The number of halogens is 1. The van der Waals surface area contributed by atoms with Crippen LogP contribution < -0.4 is 0 Å². The highest BCUT2D eigenvalue weighted by molar-refractivity contribution is 6.18. The first-order valence-corrected chi connectivity index (χ1v) is 6.24. The van der Waals surface area contributed by atoms with Gasteiger partial charge < -0.3 is 15.3 Å². The van der Waals surface area contributed by atoms with E-state index in [0.717, 1.165) is 5.69 Å². The second-order valence-corrected chi connectivity index (χ2v) is 4.36. The number of para-hydroxylation sites is 1. The molecule has 3 atom stereocenters. The smallest absolute Gasteiger partial charge is 0.128 e. The van der Waals surface area contributed by atoms with Crippen LogP contribution in [0.2, 0.25) is 0 Å². The molecule has 1 aromatic heterocycles. The highest BCUT2D eigenvalue weighted by Crippen LogP contribution is 2.18. The van der Waals surface area contributed by atoms with Gasteiger partial charge in [-0.25, -0.2) is 0 Å². The Hall–Kier alpha value is -1.47. The van der Waals surface area contributed by atoms with Crippen molar-refractivity contribution in [3.05, 3.63) is 42.2 Å². The summed E-state index contributed by atoms with van der Waals surface area (Å²) >= 11 is 5.42. The molecule has 7 heteroatoms. The molecule has 0 fully saturated rings. The van der Waals surface area contributed by atoms with E-state index in [4.69, 9.17) is 11.6 Å². The van der Waals surface area contributed by atoms with Crippen molar-refractivity contribution in [1.82, 2.24) is 15.0 Å². The first-order valence-electron chi connectivity index (χ1n) is 5.71. The molecular weight excluding hydrogens is 270 g/mol. The van der Waals surface area contributed by atoms with Crippen LogP contribution >= 0.6 is 11.6 Å². The summed E-state index contributed by atoms with van der Waals surface area (Å²) in [6.07, 6.45) is -2.63. The van der Waals surface area contributed by atoms with E-state index in [1.165, 1.54) is 11.0 Å². The number of aliphatic hydroxyl groups excluding tert-OH is 3. The van der Waals surface area contributed by atoms with E-state index >= 15 is 0 Å². The fourth-order valence-corrected chi connectivity index (χ4v) is 1.76. The van der Waals surface area contributed by atoms with E-state index in [1.54, 1.807) is 12.1 Å². The molecule has 102 valence electrons. The van der Waals surface area contributed by atoms with E-state index in [1.807, 2.05) is 18.2 Å². The molecule has 19 heavy (non-hydrogen) atoms. The fraction of sp³-hybridized carbons (Fsp3) is 0.333. The van der Waals surface area contributed by atoms with Crippen molar-refractivity contribution < 1.29 is 15.3 Å². The standard InChI is InChI=1S/C12H14ClN3O3/c13-6-10(17)12(19)11(18)9-7-14-16(15-9)8-4-2-1-3-5-8/h1-5,7,10-12,17-19H,6H2/t10-,11+,12+/m1/s1. The van der Waals surface area contributed by atoms with Crippen LogP contribution in [0.3, 0.4) is 0 Å². The fourth-order valence-electron chi connectivity index (χ4n) is 1.57. The Morgan fingerprint density at radius 3 is 2.47 bits per heavy atom. The molecule has 3 N–H and O–H groups in total. The van der Waals surface area contributed by atoms with Crippen LogP contribution in [0.5, 0.6) is 0 Å². The number of hydrogen-bond donors (Lipinski definition) is 3. The minimum atomic E-state index is -1.40. The van der Waals surface area contributed by atoms with E-state index in [9.17, 15) is 15.3 Å². The largest absolute Gasteiger partial charge is 0.389 e. The zero-order valence-corrected chi connectivity index (χ0v) is 10.7. The number of rotatable bonds is 5. The Morgan fingerprint density at radius 2 is 1.84 bits per heavy atom. The molecule has 0 aliphatic heterocycles. The lowest BCUT2D eigenvalue weighted by Gasteiger charge is -2.19. The number of nitrogens with zero attached hydrogens (tertiary/aromatic N) is 3. The van der Waals surface area contributed by atoms with E-state index in [-0.39, 0.29) is 11.6 Å². The number of hydrogen-bond acceptors (Lipinski definition) is 5. The quantitative estimate of drug-likeness (QED) is 0.685. The highest BCUT2D eigenvalue weighted by Gasteiger charge is 2.27. The van der Waals surface area contributed by atoms with Gasteiger partial charge in [-0.3, -0.25) is 0 Å². The topological polar surface area (TPSA) is 91.4 Å². The van der Waals surface area contributed by atoms with Crippen molar-refractivity contribution in [2.75, 3.05) is 5.88 Å². The van der Waals surface area contributed by atoms with E-state index < -0.39 is 18.3 Å². The van der Waals surface area contributed by atoms with Crippen LogP contribution in [0.15, 0.2) is 36.5 Å². The minimum Gasteiger partial charge on any atom is -0.389 e. The molecule has 0 spiro atoms. The minimum absolute atomic E-state index is 0.167. The summed E-state index contributed by atoms with van der Waals surface area (Å²) in [5, 5.41) is 37.0. The molecule has 2 aromatic rings. The lowest BCUT2D eigenvalue weighted by molar-refractivity contribution is -0.0535. The first-order chi connectivity index (χ1) is 9.13. The van der Waals surface area contributed by atoms with Gasteiger partial charge in [0.2, 0.25) is 0 Å². The van der Waals surface area contributed by atoms with Crippen LogP contribution in [0.25, 0.3) is 5.69 Å². The van der Waals surface area contributed by atoms with Gasteiger partial charge in [0.25, 0.3) is 0 Å². The number of aliphatic hydroxyl groups is 3. The molecule has 0 saturated heterocycles. The monoisotopic (exact) mass is 283 g/mol. The van der Waals surface area contributed by atoms with Gasteiger partial charge in [0, 0.05) is 0 Å². The van der Waals surface area contributed by atoms with Gasteiger partial charge in [-0.2, -0.15) is 15.0 Å². The molecule has 6 nitrogen and oxygen atoms in total. The van der Waals surface area contributed by atoms with Gasteiger partial charge in [-0.15, -0.1) is 11.6 Å². The van der Waals surface area contributed by atoms with Crippen LogP contribution in [0, 0.1) is 0 Å². The second kappa shape index (κ2) is 6.12. The van der Waals surface area contributed by atoms with Gasteiger partial charge in [0.15, 0.2) is 0 Å². The average Bonchev–Trinajstić information content (AvgIpc) is 2.95. The van der Waals surface area contributed by atoms with Crippen molar-refractivity contribution in [3.8, 4) is 5.69 Å². The van der Waals surface area contributed by atoms with Crippen LogP contribution in [0.1, 0.15) is 11.8 Å². The summed E-state index contributed by atoms with van der Waals surface area (Å²) in [6, 6.07) is 9.14. The molecule has 0 radical (unpaired) electrons. The molecular formula is C12H14ClN3O3. The number of alkyl halides is 1. The first kappa shape index (κ1) is 14.0. The molecule has 1 aromatic carbocycles. The lowest BCUT2D eigenvalue weighted by atomic mass is 10.1. The maximum atomic E-state index is 9.87. The van der Waals surface area contributed by atoms with E-state index in [0.29, 0.717) is 0 Å². The van der Waals surface area contributed by atoms with Crippen molar-refractivity contribution >= 4 is 11.6 Å². The predicted molar refractivity (Wildman–Crippen MR) is 69.1 cm³/mol. The third-order valence-corrected chi connectivity index (χ3v) is 2.99. The summed E-state index contributed by atoms with van der Waals surface area (Å²) in [7, 11) is 0. The molecule has 0 aliphatic rings. The molecule has 1 heterocycles. The molecule has 0 bridgehead atoms. The van der Waals surface area contributed by atoms with Crippen molar-refractivity contribution in [2.24, 2.45) is 0 Å². The lowest BCUT2D eigenvalue weighted by Crippen LogP contribution is -2.33. The van der Waals surface area contributed by atoms with Gasteiger partial charge in [-0.1, -0.05) is 18.2 Å². The summed E-state index contributed by atoms with van der Waals surface area (Å²) in [4.78, 5) is 1.33. The van der Waals surface area contributed by atoms with Crippen molar-refractivity contribution in [1.29, 1.82) is 0 Å². The van der Waals surface area contributed by atoms with Crippen LogP contribution in [-0.4, -0.2) is 48.4 Å². The van der Waals surface area contributed by atoms with E-state index in [2.05, 4.69) is 10.2 Å². The van der Waals surface area contributed by atoms with Crippen molar-refractivity contribution in [2.45, 2.75) is 18.3 Å². The average molecular weight is 284 g/mol. The third kappa shape index (κ3) is 3.10. The highest BCUT2D eigenvalue weighted by atomic mass is 35.5. The molecule has 0 aliphatic carbocycles. The molecule has 0 unspecified atom stereocenters. The zero-order chi connectivity index (χ0) is 13.8. The summed E-state index contributed by atoms with van der Waals surface area (Å²) in [6.45, 7) is 0. The van der Waals surface area contributed by atoms with Gasteiger partial charge in [0.05, 0.1) is 23.9 Å². The molecule has 0 saturated carbocycles. The number of benzene rings is 1. The Balaban J connectivity index is 2.17. The Morgan fingerprint density at radius 1 is 1.16 bits per heavy atom. The normalized spacial score (nSPS) is 16.0. The summed E-state index contributed by atoms with van der Waals surface area (Å²) < 4.78 is 0. The van der Waals surface area contributed by atoms with Crippen LogP contribution in [-0.2, 0) is 0 Å². The van der Waals surface area contributed by atoms with Crippen molar-refractivity contribution in [3.63, 3.8) is 0 Å². The van der Waals surface area contributed by atoms with Crippen LogP contribution in [0.4, 0.5) is 0 Å². The SMILES string of the molecule is O[C@@H]([C@H](O)CCl)[C@@H](O)c1cnn(-c2ccccc2)n1. The van der Waals surface area contributed by atoms with Gasteiger partial charge in [0.1, 0.15) is 17.9 Å². The maximum absolute atomic E-state index is 9.87. The second-order valence-electron chi connectivity index (χ2n) is 4.05. The maximum Gasteiger partial charge on any atom is 0.128 e. The molecule has 2 rings (SSSR count). The summed E-state index contributed by atoms with van der Waals surface area (Å²) in [5.74, 6) is -0.176. The Labute approximate surface area is 114 Å². The Kier molecular flexibility index (Phi) is 4.49. The van der Waals surface area contributed by atoms with Gasteiger partial charge >= 0.3 is 0 Å². The Bertz CT molecular complexity index is 520. The molecule has 0 amide bonds.